The Labute approximate surface area is 144 Å². The fourth-order valence-electron chi connectivity index (χ4n) is 2.68. The van der Waals surface area contributed by atoms with Gasteiger partial charge in [0.05, 0.1) is 6.54 Å². The SMILES string of the molecule is O=C(O)c1cc(-c2cnc(N3CCN(CC(F)(F)F)CC3)c(F)c2)on1. The predicted octanol–water partition coefficient (Wildman–Crippen LogP) is 2.26. The van der Waals surface area contributed by atoms with Gasteiger partial charge in [-0.25, -0.2) is 14.2 Å². The summed E-state index contributed by atoms with van der Waals surface area (Å²) in [6.07, 6.45) is -2.97. The normalized spacial score (nSPS) is 16.1. The molecule has 26 heavy (non-hydrogen) atoms. The molecule has 0 bridgehead atoms. The molecule has 11 heteroatoms. The molecule has 0 aromatic carbocycles. The topological polar surface area (TPSA) is 82.7 Å². The Morgan fingerprint density at radius 3 is 2.46 bits per heavy atom. The summed E-state index contributed by atoms with van der Waals surface area (Å²) >= 11 is 0. The van der Waals surface area contributed by atoms with Crippen LogP contribution >= 0.6 is 0 Å². The second-order valence-electron chi connectivity index (χ2n) is 5.79. The first-order valence-corrected chi connectivity index (χ1v) is 7.63. The molecule has 3 heterocycles. The second-order valence-corrected chi connectivity index (χ2v) is 5.79. The van der Waals surface area contributed by atoms with Crippen LogP contribution in [0.15, 0.2) is 22.9 Å². The molecule has 140 valence electrons. The molecular weight excluding hydrogens is 360 g/mol. The minimum Gasteiger partial charge on any atom is -0.476 e. The van der Waals surface area contributed by atoms with Gasteiger partial charge in [0.15, 0.2) is 23.1 Å². The molecule has 1 saturated heterocycles. The molecule has 3 rings (SSSR count). The highest BCUT2D eigenvalue weighted by Gasteiger charge is 2.32. The number of aromatic nitrogens is 2. The first-order valence-electron chi connectivity index (χ1n) is 7.63. The van der Waals surface area contributed by atoms with Crippen LogP contribution in [-0.4, -0.2) is 65.0 Å². The first kappa shape index (κ1) is 18.1. The van der Waals surface area contributed by atoms with Gasteiger partial charge in [-0.05, 0) is 6.07 Å². The summed E-state index contributed by atoms with van der Waals surface area (Å²) < 4.78 is 56.4. The van der Waals surface area contributed by atoms with Gasteiger partial charge in [0.2, 0.25) is 0 Å². The Balaban J connectivity index is 1.69. The van der Waals surface area contributed by atoms with Gasteiger partial charge in [0, 0.05) is 44.0 Å². The zero-order chi connectivity index (χ0) is 18.9. The lowest BCUT2D eigenvalue weighted by Gasteiger charge is -2.35. The second kappa shape index (κ2) is 6.90. The van der Waals surface area contributed by atoms with Crippen LogP contribution < -0.4 is 4.90 Å². The number of aromatic carboxylic acids is 1. The predicted molar refractivity (Wildman–Crippen MR) is 81.4 cm³/mol. The molecule has 0 radical (unpaired) electrons. The molecule has 2 aromatic rings. The van der Waals surface area contributed by atoms with E-state index in [9.17, 15) is 22.4 Å². The molecular formula is C15H14F4N4O3. The molecule has 0 unspecified atom stereocenters. The minimum atomic E-state index is -4.26. The van der Waals surface area contributed by atoms with Gasteiger partial charge in [-0.2, -0.15) is 13.2 Å². The monoisotopic (exact) mass is 374 g/mol. The highest BCUT2D eigenvalue weighted by atomic mass is 19.4. The standard InChI is InChI=1S/C15H14F4N4O3/c16-10-5-9(12-6-11(14(24)25)21-26-12)7-20-13(10)23-3-1-22(2-4-23)8-15(17,18)19/h5-7H,1-4,8H2,(H,24,25). The molecule has 2 aromatic heterocycles. The van der Waals surface area contributed by atoms with E-state index < -0.39 is 24.5 Å². The lowest BCUT2D eigenvalue weighted by molar-refractivity contribution is -0.146. The van der Waals surface area contributed by atoms with Crippen molar-refractivity contribution in [2.75, 3.05) is 37.6 Å². The average Bonchev–Trinajstić information content (AvgIpc) is 3.04. The number of rotatable bonds is 4. The van der Waals surface area contributed by atoms with Crippen LogP contribution in [0.1, 0.15) is 10.5 Å². The van der Waals surface area contributed by atoms with Crippen LogP contribution in [0.25, 0.3) is 11.3 Å². The van der Waals surface area contributed by atoms with Crippen molar-refractivity contribution < 1.29 is 32.0 Å². The fraction of sp³-hybridized carbons (Fsp3) is 0.400. The summed E-state index contributed by atoms with van der Waals surface area (Å²) in [6, 6.07) is 2.27. The molecule has 0 amide bonds. The van der Waals surface area contributed by atoms with Crippen molar-refractivity contribution in [1.82, 2.24) is 15.0 Å². The number of hydrogen-bond donors (Lipinski definition) is 1. The summed E-state index contributed by atoms with van der Waals surface area (Å²) in [5.41, 5.74) is -0.104. The van der Waals surface area contributed by atoms with E-state index in [1.165, 1.54) is 11.1 Å². The Hall–Kier alpha value is -2.69. The third-order valence-corrected chi connectivity index (χ3v) is 3.91. The average molecular weight is 374 g/mol. The number of hydrogen-bond acceptors (Lipinski definition) is 6. The number of nitrogens with zero attached hydrogens (tertiary/aromatic N) is 4. The van der Waals surface area contributed by atoms with Crippen LogP contribution in [0, 0.1) is 5.82 Å². The van der Waals surface area contributed by atoms with Crippen LogP contribution in [0.3, 0.4) is 0 Å². The molecule has 0 saturated carbocycles. The number of anilines is 1. The lowest BCUT2D eigenvalue weighted by atomic mass is 10.2. The van der Waals surface area contributed by atoms with Crippen LogP contribution in [0.4, 0.5) is 23.4 Å². The van der Waals surface area contributed by atoms with E-state index in [0.29, 0.717) is 0 Å². The third kappa shape index (κ3) is 4.10. The minimum absolute atomic E-state index is 0.0263. The van der Waals surface area contributed by atoms with Crippen molar-refractivity contribution in [2.45, 2.75) is 6.18 Å². The van der Waals surface area contributed by atoms with E-state index in [2.05, 4.69) is 10.1 Å². The van der Waals surface area contributed by atoms with Gasteiger partial charge >= 0.3 is 12.1 Å². The zero-order valence-corrected chi connectivity index (χ0v) is 13.3. The van der Waals surface area contributed by atoms with E-state index in [1.54, 1.807) is 4.90 Å². The summed E-state index contributed by atoms with van der Waals surface area (Å²) in [5, 5.41) is 12.2. The van der Waals surface area contributed by atoms with Crippen molar-refractivity contribution >= 4 is 11.8 Å². The van der Waals surface area contributed by atoms with E-state index in [0.717, 1.165) is 12.1 Å². The van der Waals surface area contributed by atoms with Crippen LogP contribution in [0.5, 0.6) is 0 Å². The maximum absolute atomic E-state index is 14.4. The number of alkyl halides is 3. The first-order chi connectivity index (χ1) is 12.2. The highest BCUT2D eigenvalue weighted by molar-refractivity contribution is 5.86. The Kier molecular flexibility index (Phi) is 4.81. The summed E-state index contributed by atoms with van der Waals surface area (Å²) in [4.78, 5) is 17.6. The number of carboxylic acid groups (broad SMARTS) is 1. The molecule has 1 fully saturated rings. The number of piperazine rings is 1. The molecule has 0 spiro atoms. The molecule has 1 aliphatic rings. The fourth-order valence-corrected chi connectivity index (χ4v) is 2.68. The smallest absolute Gasteiger partial charge is 0.401 e. The molecule has 0 aliphatic carbocycles. The highest BCUT2D eigenvalue weighted by Crippen LogP contribution is 2.26. The van der Waals surface area contributed by atoms with Crippen LogP contribution in [-0.2, 0) is 0 Å². The molecule has 7 nitrogen and oxygen atoms in total. The number of halogens is 4. The Morgan fingerprint density at radius 2 is 1.92 bits per heavy atom. The Morgan fingerprint density at radius 1 is 1.23 bits per heavy atom. The largest absolute Gasteiger partial charge is 0.476 e. The van der Waals surface area contributed by atoms with E-state index >= 15 is 0 Å². The maximum Gasteiger partial charge on any atom is 0.401 e. The van der Waals surface area contributed by atoms with Gasteiger partial charge in [-0.3, -0.25) is 4.90 Å². The van der Waals surface area contributed by atoms with Crippen molar-refractivity contribution in [2.24, 2.45) is 0 Å². The molecule has 0 atom stereocenters. The number of carboxylic acids is 1. The molecule has 1 aliphatic heterocycles. The van der Waals surface area contributed by atoms with Gasteiger partial charge in [-0.1, -0.05) is 5.16 Å². The zero-order valence-electron chi connectivity index (χ0n) is 13.3. The summed E-state index contributed by atoms with van der Waals surface area (Å²) in [6.45, 7) is -0.276. The van der Waals surface area contributed by atoms with Crippen molar-refractivity contribution in [1.29, 1.82) is 0 Å². The number of pyridine rings is 1. The van der Waals surface area contributed by atoms with Gasteiger partial charge in [0.25, 0.3) is 0 Å². The van der Waals surface area contributed by atoms with Gasteiger partial charge in [-0.15, -0.1) is 0 Å². The summed E-state index contributed by atoms with van der Waals surface area (Å²) in [7, 11) is 0. The number of carbonyl (C=O) groups is 1. The van der Waals surface area contributed by atoms with Crippen LogP contribution in [0.2, 0.25) is 0 Å². The van der Waals surface area contributed by atoms with Crippen molar-refractivity contribution in [3.8, 4) is 11.3 Å². The van der Waals surface area contributed by atoms with E-state index in [4.69, 9.17) is 9.63 Å². The third-order valence-electron chi connectivity index (χ3n) is 3.91. The lowest BCUT2D eigenvalue weighted by Crippen LogP contribution is -2.49. The maximum atomic E-state index is 14.4. The molecule has 1 N–H and O–H groups in total. The Bertz CT molecular complexity index is 800. The van der Waals surface area contributed by atoms with E-state index in [1.807, 2.05) is 0 Å². The van der Waals surface area contributed by atoms with Crippen molar-refractivity contribution in [3.63, 3.8) is 0 Å². The quantitative estimate of drug-likeness (QED) is 0.822. The van der Waals surface area contributed by atoms with Crippen molar-refractivity contribution in [3.05, 3.63) is 29.8 Å². The van der Waals surface area contributed by atoms with E-state index in [-0.39, 0.29) is 49.0 Å². The summed E-state index contributed by atoms with van der Waals surface area (Å²) in [5.74, 6) is -1.88. The van der Waals surface area contributed by atoms with Gasteiger partial charge in [0.1, 0.15) is 0 Å². The van der Waals surface area contributed by atoms with Gasteiger partial charge < -0.3 is 14.5 Å².